The molecule has 0 bridgehead atoms. The maximum Gasteiger partial charge on any atom is 0.344 e. The first-order valence-electron chi connectivity index (χ1n) is 12.3. The van der Waals surface area contributed by atoms with Gasteiger partial charge in [0.2, 0.25) is 0 Å². The quantitative estimate of drug-likeness (QED) is 0.366. The Balaban J connectivity index is 1.43. The van der Waals surface area contributed by atoms with Crippen LogP contribution in [0.15, 0.2) is 77.9 Å². The maximum atomic E-state index is 13.2. The minimum atomic E-state index is -0.614. The predicted octanol–water partition coefficient (Wildman–Crippen LogP) is 5.43. The minimum Gasteiger partial charge on any atom is -0.497 e. The molecule has 0 spiro atoms. The third-order valence-corrected chi connectivity index (χ3v) is 6.27. The number of ether oxygens (including phenoxy) is 3. The number of benzene rings is 3. The second-order valence-electron chi connectivity index (χ2n) is 9.29. The fourth-order valence-corrected chi connectivity index (χ4v) is 4.26. The van der Waals surface area contributed by atoms with Crippen molar-refractivity contribution in [1.29, 1.82) is 0 Å². The average Bonchev–Trinajstić information content (AvgIpc) is 3.36. The highest BCUT2D eigenvalue weighted by molar-refractivity contribution is 6.03. The molecular weight excluding hydrogens is 468 g/mol. The molecule has 7 heteroatoms. The molecule has 0 fully saturated rings. The summed E-state index contributed by atoms with van der Waals surface area (Å²) in [6.07, 6.45) is 0.546. The Morgan fingerprint density at radius 1 is 1.00 bits per heavy atom. The van der Waals surface area contributed by atoms with Crippen molar-refractivity contribution in [3.05, 3.63) is 95.1 Å². The Kier molecular flexibility index (Phi) is 8.23. The molecule has 0 radical (unpaired) electrons. The summed E-state index contributed by atoms with van der Waals surface area (Å²) in [7, 11) is 1.61. The molecule has 7 nitrogen and oxygen atoms in total. The summed E-state index contributed by atoms with van der Waals surface area (Å²) in [5, 5.41) is 6.03. The van der Waals surface area contributed by atoms with Gasteiger partial charge >= 0.3 is 5.97 Å². The van der Waals surface area contributed by atoms with Gasteiger partial charge in [-0.15, -0.1) is 0 Å². The van der Waals surface area contributed by atoms with Crippen LogP contribution < -0.4 is 9.47 Å². The highest BCUT2D eigenvalue weighted by Crippen LogP contribution is 2.33. The zero-order valence-corrected chi connectivity index (χ0v) is 21.6. The number of esters is 1. The molecule has 1 heterocycles. The summed E-state index contributed by atoms with van der Waals surface area (Å²) in [5.41, 5.74) is 4.70. The van der Waals surface area contributed by atoms with E-state index in [9.17, 15) is 9.59 Å². The molecule has 0 aromatic heterocycles. The molecule has 0 saturated carbocycles. The number of hydrogen-bond acceptors (Lipinski definition) is 6. The predicted molar refractivity (Wildman–Crippen MR) is 142 cm³/mol. The van der Waals surface area contributed by atoms with Gasteiger partial charge in [-0.05, 0) is 53.3 Å². The van der Waals surface area contributed by atoms with Crippen LogP contribution in [-0.4, -0.2) is 42.9 Å². The van der Waals surface area contributed by atoms with E-state index in [4.69, 9.17) is 14.2 Å². The molecule has 4 rings (SSSR count). The Morgan fingerprint density at radius 2 is 1.73 bits per heavy atom. The van der Waals surface area contributed by atoms with Crippen LogP contribution in [0, 0.1) is 6.92 Å². The van der Waals surface area contributed by atoms with Crippen LogP contribution in [0.25, 0.3) is 0 Å². The van der Waals surface area contributed by atoms with E-state index in [1.54, 1.807) is 7.11 Å². The molecule has 192 valence electrons. The smallest absolute Gasteiger partial charge is 0.344 e. The number of hydrogen-bond donors (Lipinski definition) is 0. The van der Waals surface area contributed by atoms with Crippen molar-refractivity contribution in [3.63, 3.8) is 0 Å². The number of methoxy groups -OCH3 is 1. The van der Waals surface area contributed by atoms with E-state index in [2.05, 4.69) is 18.9 Å². The van der Waals surface area contributed by atoms with Crippen molar-refractivity contribution in [2.45, 2.75) is 39.2 Å². The molecule has 3 aromatic rings. The van der Waals surface area contributed by atoms with E-state index >= 15 is 0 Å². The van der Waals surface area contributed by atoms with Crippen LogP contribution in [0.1, 0.15) is 54.5 Å². The van der Waals surface area contributed by atoms with Gasteiger partial charge in [-0.1, -0.05) is 68.4 Å². The van der Waals surface area contributed by atoms with Crippen molar-refractivity contribution in [1.82, 2.24) is 5.01 Å². The molecule has 1 unspecified atom stereocenters. The van der Waals surface area contributed by atoms with Gasteiger partial charge < -0.3 is 14.2 Å². The lowest BCUT2D eigenvalue weighted by atomic mass is 9.98. The van der Waals surface area contributed by atoms with E-state index in [0.717, 1.165) is 33.7 Å². The van der Waals surface area contributed by atoms with Gasteiger partial charge in [-0.25, -0.2) is 9.80 Å². The fraction of sp³-hybridized carbons (Fsp3) is 0.300. The highest BCUT2D eigenvalue weighted by atomic mass is 16.6. The second kappa shape index (κ2) is 11.7. The first-order chi connectivity index (χ1) is 17.9. The molecule has 1 atom stereocenters. The van der Waals surface area contributed by atoms with Crippen LogP contribution >= 0.6 is 0 Å². The average molecular weight is 501 g/mol. The number of hydrazone groups is 1. The lowest BCUT2D eigenvalue weighted by Gasteiger charge is -2.22. The van der Waals surface area contributed by atoms with Crippen molar-refractivity contribution in [3.8, 4) is 11.5 Å². The molecule has 1 aliphatic rings. The van der Waals surface area contributed by atoms with Gasteiger partial charge in [-0.3, -0.25) is 4.79 Å². The summed E-state index contributed by atoms with van der Waals surface area (Å²) in [4.78, 5) is 25.6. The molecule has 1 aliphatic heterocycles. The Hall–Kier alpha value is -4.13. The standard InChI is InChI=1S/C30H32N2O5/c1-20(2)25-15-10-21(3)16-28(25)36-19-30(34)37-18-29(33)32-27(23-11-13-24(35-4)14-12-23)17-26(31-32)22-8-6-5-7-9-22/h5-16,20,27H,17-19H2,1-4H3. The monoisotopic (exact) mass is 500 g/mol. The van der Waals surface area contributed by atoms with Gasteiger partial charge in [0.1, 0.15) is 11.5 Å². The molecule has 37 heavy (non-hydrogen) atoms. The summed E-state index contributed by atoms with van der Waals surface area (Å²) >= 11 is 0. The van der Waals surface area contributed by atoms with Crippen molar-refractivity contribution < 1.29 is 23.8 Å². The first-order valence-corrected chi connectivity index (χ1v) is 12.3. The van der Waals surface area contributed by atoms with Crippen molar-refractivity contribution in [2.24, 2.45) is 5.10 Å². The van der Waals surface area contributed by atoms with E-state index in [1.807, 2.05) is 79.7 Å². The first kappa shape index (κ1) is 25.9. The van der Waals surface area contributed by atoms with Crippen LogP contribution in [-0.2, 0) is 14.3 Å². The molecule has 0 N–H and O–H groups in total. The summed E-state index contributed by atoms with van der Waals surface area (Å²) in [6, 6.07) is 22.9. The Labute approximate surface area is 217 Å². The number of aryl methyl sites for hydroxylation is 1. The topological polar surface area (TPSA) is 77.4 Å². The number of carbonyl (C=O) groups is 2. The van der Waals surface area contributed by atoms with Gasteiger partial charge in [0.25, 0.3) is 5.91 Å². The molecule has 0 saturated heterocycles. The summed E-state index contributed by atoms with van der Waals surface area (Å²) in [5.74, 6) is 0.604. The molecule has 0 aliphatic carbocycles. The zero-order chi connectivity index (χ0) is 26.4. The Bertz CT molecular complexity index is 1270. The van der Waals surface area contributed by atoms with Crippen LogP contribution in [0.4, 0.5) is 0 Å². The number of rotatable bonds is 9. The van der Waals surface area contributed by atoms with Crippen LogP contribution in [0.2, 0.25) is 0 Å². The van der Waals surface area contributed by atoms with Crippen molar-refractivity contribution >= 4 is 17.6 Å². The van der Waals surface area contributed by atoms with Crippen LogP contribution in [0.3, 0.4) is 0 Å². The van der Waals surface area contributed by atoms with Crippen molar-refractivity contribution in [2.75, 3.05) is 20.3 Å². The third-order valence-electron chi connectivity index (χ3n) is 6.27. The van der Waals surface area contributed by atoms with E-state index < -0.39 is 18.5 Å². The minimum absolute atomic E-state index is 0.245. The van der Waals surface area contributed by atoms with Gasteiger partial charge in [-0.2, -0.15) is 5.10 Å². The SMILES string of the molecule is COc1ccc(C2CC(c3ccccc3)=NN2C(=O)COC(=O)COc2cc(C)ccc2C(C)C)cc1. The molecular formula is C30H32N2O5. The summed E-state index contributed by atoms with van der Waals surface area (Å²) < 4.78 is 16.3. The largest absolute Gasteiger partial charge is 0.497 e. The normalized spacial score (nSPS) is 14.9. The van der Waals surface area contributed by atoms with E-state index in [1.165, 1.54) is 5.01 Å². The zero-order valence-electron chi connectivity index (χ0n) is 21.6. The summed E-state index contributed by atoms with van der Waals surface area (Å²) in [6.45, 7) is 5.39. The van der Waals surface area contributed by atoms with E-state index in [0.29, 0.717) is 12.2 Å². The molecule has 1 amide bonds. The number of carbonyl (C=O) groups excluding carboxylic acids is 2. The van der Waals surface area contributed by atoms with E-state index in [-0.39, 0.29) is 18.6 Å². The Morgan fingerprint density at radius 3 is 2.41 bits per heavy atom. The van der Waals surface area contributed by atoms with Gasteiger partial charge in [0.05, 0.1) is 18.9 Å². The van der Waals surface area contributed by atoms with Gasteiger partial charge in [0.15, 0.2) is 13.2 Å². The molecule has 3 aromatic carbocycles. The maximum absolute atomic E-state index is 13.2. The number of nitrogens with zero attached hydrogens (tertiary/aromatic N) is 2. The number of amides is 1. The lowest BCUT2D eigenvalue weighted by molar-refractivity contribution is -0.154. The fourth-order valence-electron chi connectivity index (χ4n) is 4.26. The second-order valence-corrected chi connectivity index (χ2v) is 9.29. The highest BCUT2D eigenvalue weighted by Gasteiger charge is 2.33. The third kappa shape index (κ3) is 6.36. The van der Waals surface area contributed by atoms with Gasteiger partial charge in [0, 0.05) is 6.42 Å². The van der Waals surface area contributed by atoms with Crippen LogP contribution in [0.5, 0.6) is 11.5 Å². The lowest BCUT2D eigenvalue weighted by Crippen LogP contribution is -2.32.